The number of hydrogen-bond donors (Lipinski definition) is 1. The molecule has 1 amide bonds. The number of nitrogens with one attached hydrogen (secondary N) is 1. The molecule has 1 aliphatic heterocycles. The second-order valence-electron chi connectivity index (χ2n) is 5.57. The molecule has 2 heterocycles. The smallest absolute Gasteiger partial charge is 0.254 e. The number of carbonyl (C=O) groups excluding carboxylic acids is 1. The summed E-state index contributed by atoms with van der Waals surface area (Å²) < 4.78 is 0. The van der Waals surface area contributed by atoms with Crippen LogP contribution in [0.15, 0.2) is 36.7 Å². The molecule has 0 fully saturated rings. The Morgan fingerprint density at radius 3 is 2.73 bits per heavy atom. The minimum atomic E-state index is -0.114. The molecule has 1 aliphatic rings. The van der Waals surface area contributed by atoms with Crippen LogP contribution >= 0.6 is 0 Å². The van der Waals surface area contributed by atoms with Crippen LogP contribution in [0.25, 0.3) is 0 Å². The van der Waals surface area contributed by atoms with E-state index in [1.54, 1.807) is 19.3 Å². The average molecular weight is 296 g/mol. The van der Waals surface area contributed by atoms with Gasteiger partial charge in [-0.2, -0.15) is 0 Å². The molecular formula is C17H20N4O. The molecule has 0 atom stereocenters. The minimum Gasteiger partial charge on any atom is -0.351 e. The summed E-state index contributed by atoms with van der Waals surface area (Å²) in [6.07, 6.45) is 4.21. The van der Waals surface area contributed by atoms with Crippen LogP contribution in [-0.4, -0.2) is 40.4 Å². The largest absolute Gasteiger partial charge is 0.351 e. The summed E-state index contributed by atoms with van der Waals surface area (Å²) in [5.41, 5.74) is 3.35. The molecule has 1 aromatic heterocycles. The summed E-state index contributed by atoms with van der Waals surface area (Å²) in [6.45, 7) is 5.29. The summed E-state index contributed by atoms with van der Waals surface area (Å²) in [5, 5.41) is 2.93. The molecule has 5 heteroatoms. The van der Waals surface area contributed by atoms with Crippen LogP contribution in [0, 0.1) is 6.92 Å². The summed E-state index contributed by atoms with van der Waals surface area (Å²) >= 11 is 0. The molecule has 22 heavy (non-hydrogen) atoms. The van der Waals surface area contributed by atoms with Crippen molar-refractivity contribution >= 4 is 5.91 Å². The number of rotatable bonds is 4. The van der Waals surface area contributed by atoms with E-state index >= 15 is 0 Å². The number of amides is 1. The maximum atomic E-state index is 12.0. The van der Waals surface area contributed by atoms with Gasteiger partial charge in [-0.05, 0) is 24.5 Å². The normalized spacial score (nSPS) is 14.4. The van der Waals surface area contributed by atoms with E-state index in [0.29, 0.717) is 17.9 Å². The molecule has 5 nitrogen and oxygen atoms in total. The number of carbonyl (C=O) groups is 1. The second kappa shape index (κ2) is 6.66. The van der Waals surface area contributed by atoms with Crippen molar-refractivity contribution in [2.45, 2.75) is 19.9 Å². The van der Waals surface area contributed by atoms with Gasteiger partial charge in [0.15, 0.2) is 0 Å². The maximum absolute atomic E-state index is 12.0. The highest BCUT2D eigenvalue weighted by atomic mass is 16.1. The van der Waals surface area contributed by atoms with Gasteiger partial charge in [0.05, 0.1) is 5.56 Å². The standard InChI is InChI=1S/C17H20N4O/c1-13-19-10-16(11-20-13)17(22)18-7-9-21-8-6-14-4-2-3-5-15(14)12-21/h2-5,10-11H,6-9,12H2,1H3,(H,18,22). The Bertz CT molecular complexity index is 654. The van der Waals surface area contributed by atoms with Gasteiger partial charge in [-0.1, -0.05) is 24.3 Å². The van der Waals surface area contributed by atoms with Gasteiger partial charge >= 0.3 is 0 Å². The lowest BCUT2D eigenvalue weighted by molar-refractivity contribution is 0.0946. The Morgan fingerprint density at radius 2 is 1.95 bits per heavy atom. The highest BCUT2D eigenvalue weighted by Gasteiger charge is 2.15. The molecule has 0 radical (unpaired) electrons. The van der Waals surface area contributed by atoms with E-state index in [1.165, 1.54) is 11.1 Å². The molecule has 114 valence electrons. The van der Waals surface area contributed by atoms with Crippen molar-refractivity contribution in [1.29, 1.82) is 0 Å². The lowest BCUT2D eigenvalue weighted by atomic mass is 10.00. The van der Waals surface area contributed by atoms with Crippen molar-refractivity contribution in [1.82, 2.24) is 20.2 Å². The topological polar surface area (TPSA) is 58.1 Å². The van der Waals surface area contributed by atoms with Gasteiger partial charge < -0.3 is 5.32 Å². The van der Waals surface area contributed by atoms with E-state index in [9.17, 15) is 4.79 Å². The van der Waals surface area contributed by atoms with Crippen LogP contribution in [0.1, 0.15) is 27.3 Å². The number of fused-ring (bicyclic) bond motifs is 1. The van der Waals surface area contributed by atoms with E-state index in [0.717, 1.165) is 26.1 Å². The van der Waals surface area contributed by atoms with E-state index < -0.39 is 0 Å². The number of aryl methyl sites for hydroxylation is 1. The van der Waals surface area contributed by atoms with Gasteiger partial charge in [-0.3, -0.25) is 9.69 Å². The first kappa shape index (κ1) is 14.7. The number of nitrogens with zero attached hydrogens (tertiary/aromatic N) is 3. The van der Waals surface area contributed by atoms with Gasteiger partial charge in [0.1, 0.15) is 5.82 Å². The Balaban J connectivity index is 1.48. The van der Waals surface area contributed by atoms with Crippen molar-refractivity contribution in [3.63, 3.8) is 0 Å². The van der Waals surface area contributed by atoms with Crippen molar-refractivity contribution in [2.75, 3.05) is 19.6 Å². The first-order valence-electron chi connectivity index (χ1n) is 7.58. The number of aromatic nitrogens is 2. The molecule has 0 unspecified atom stereocenters. The Hall–Kier alpha value is -2.27. The van der Waals surface area contributed by atoms with E-state index in [4.69, 9.17) is 0 Å². The third-order valence-electron chi connectivity index (χ3n) is 3.97. The molecular weight excluding hydrogens is 276 g/mol. The predicted molar refractivity (Wildman–Crippen MR) is 84.5 cm³/mol. The van der Waals surface area contributed by atoms with Gasteiger partial charge in [-0.15, -0.1) is 0 Å². The van der Waals surface area contributed by atoms with E-state index in [-0.39, 0.29) is 5.91 Å². The molecule has 0 saturated heterocycles. The Morgan fingerprint density at radius 1 is 1.23 bits per heavy atom. The second-order valence-corrected chi connectivity index (χ2v) is 5.57. The highest BCUT2D eigenvalue weighted by Crippen LogP contribution is 2.17. The highest BCUT2D eigenvalue weighted by molar-refractivity contribution is 5.93. The fourth-order valence-electron chi connectivity index (χ4n) is 2.68. The number of hydrogen-bond acceptors (Lipinski definition) is 4. The quantitative estimate of drug-likeness (QED) is 0.930. The first-order chi connectivity index (χ1) is 10.7. The van der Waals surface area contributed by atoms with Crippen molar-refractivity contribution in [2.24, 2.45) is 0 Å². The minimum absolute atomic E-state index is 0.114. The van der Waals surface area contributed by atoms with Crippen molar-refractivity contribution in [3.05, 3.63) is 59.2 Å². The predicted octanol–water partition coefficient (Wildman–Crippen LogP) is 1.57. The Labute approximate surface area is 130 Å². The molecule has 0 spiro atoms. The van der Waals surface area contributed by atoms with Crippen LogP contribution in [0.3, 0.4) is 0 Å². The lowest BCUT2D eigenvalue weighted by Gasteiger charge is -2.28. The molecule has 0 saturated carbocycles. The van der Waals surface area contributed by atoms with Crippen LogP contribution in [0.4, 0.5) is 0 Å². The summed E-state index contributed by atoms with van der Waals surface area (Å²) in [5.74, 6) is 0.556. The zero-order valence-corrected chi connectivity index (χ0v) is 12.7. The number of benzene rings is 1. The van der Waals surface area contributed by atoms with Crippen LogP contribution in [-0.2, 0) is 13.0 Å². The fourth-order valence-corrected chi connectivity index (χ4v) is 2.68. The summed E-state index contributed by atoms with van der Waals surface area (Å²) in [6, 6.07) is 8.56. The SMILES string of the molecule is Cc1ncc(C(=O)NCCN2CCc3ccccc3C2)cn1. The molecule has 1 aromatic carbocycles. The molecule has 0 bridgehead atoms. The molecule has 0 aliphatic carbocycles. The van der Waals surface area contributed by atoms with E-state index in [2.05, 4.69) is 44.5 Å². The maximum Gasteiger partial charge on any atom is 0.254 e. The van der Waals surface area contributed by atoms with Gasteiger partial charge in [0.25, 0.3) is 5.91 Å². The Kier molecular flexibility index (Phi) is 4.44. The molecule has 2 aromatic rings. The summed E-state index contributed by atoms with van der Waals surface area (Å²) in [7, 11) is 0. The van der Waals surface area contributed by atoms with Crippen LogP contribution in [0.2, 0.25) is 0 Å². The lowest BCUT2D eigenvalue weighted by Crippen LogP contribution is -2.37. The van der Waals surface area contributed by atoms with Gasteiger partial charge in [0.2, 0.25) is 0 Å². The van der Waals surface area contributed by atoms with Gasteiger partial charge in [-0.25, -0.2) is 9.97 Å². The molecule has 3 rings (SSSR count). The summed E-state index contributed by atoms with van der Waals surface area (Å²) in [4.78, 5) is 22.4. The van der Waals surface area contributed by atoms with E-state index in [1.807, 2.05) is 0 Å². The third kappa shape index (κ3) is 3.49. The average Bonchev–Trinajstić information content (AvgIpc) is 2.55. The van der Waals surface area contributed by atoms with Crippen LogP contribution in [0.5, 0.6) is 0 Å². The third-order valence-corrected chi connectivity index (χ3v) is 3.97. The molecule has 1 N–H and O–H groups in total. The zero-order valence-electron chi connectivity index (χ0n) is 12.7. The van der Waals surface area contributed by atoms with Gasteiger partial charge in [0, 0.05) is 38.6 Å². The zero-order chi connectivity index (χ0) is 15.4. The van der Waals surface area contributed by atoms with Crippen LogP contribution < -0.4 is 5.32 Å². The monoisotopic (exact) mass is 296 g/mol. The van der Waals surface area contributed by atoms with Crippen molar-refractivity contribution in [3.8, 4) is 0 Å². The van der Waals surface area contributed by atoms with Crippen molar-refractivity contribution < 1.29 is 4.79 Å². The fraction of sp³-hybridized carbons (Fsp3) is 0.353. The first-order valence-corrected chi connectivity index (χ1v) is 7.58.